The van der Waals surface area contributed by atoms with Gasteiger partial charge in [-0.2, -0.15) is 5.10 Å². The van der Waals surface area contributed by atoms with Crippen molar-refractivity contribution in [1.82, 2.24) is 9.78 Å². The lowest BCUT2D eigenvalue weighted by atomic mass is 10.1. The van der Waals surface area contributed by atoms with Gasteiger partial charge in [0, 0.05) is 11.0 Å². The van der Waals surface area contributed by atoms with Gasteiger partial charge in [-0.15, -0.1) is 0 Å². The molecule has 5 heteroatoms. The van der Waals surface area contributed by atoms with Crippen molar-refractivity contribution < 1.29 is 9.53 Å². The Morgan fingerprint density at radius 1 is 1.33 bits per heavy atom. The molecule has 0 fully saturated rings. The molecule has 0 amide bonds. The van der Waals surface area contributed by atoms with Crippen molar-refractivity contribution in [2.45, 2.75) is 40.3 Å². The molecular weight excluding hydrogens is 332 g/mol. The smallest absolute Gasteiger partial charge is 0.163 e. The Morgan fingerprint density at radius 2 is 2.10 bits per heavy atom. The van der Waals surface area contributed by atoms with Gasteiger partial charge in [-0.05, 0) is 44.5 Å². The molecule has 0 aliphatic rings. The van der Waals surface area contributed by atoms with Crippen LogP contribution < -0.4 is 4.74 Å². The average molecular weight is 351 g/mol. The number of hydrogen-bond donors (Lipinski definition) is 0. The minimum Gasteiger partial charge on any atom is -0.487 e. The molecule has 0 aliphatic heterocycles. The fraction of sp³-hybridized carbons (Fsp3) is 0.375. The van der Waals surface area contributed by atoms with Crippen LogP contribution in [0.2, 0.25) is 0 Å². The zero-order chi connectivity index (χ0) is 15.4. The van der Waals surface area contributed by atoms with Gasteiger partial charge in [0.25, 0.3) is 0 Å². The number of ether oxygens (including phenoxy) is 1. The number of rotatable bonds is 6. The maximum atomic E-state index is 11.6. The van der Waals surface area contributed by atoms with E-state index in [4.69, 9.17) is 4.74 Å². The summed E-state index contributed by atoms with van der Waals surface area (Å²) in [6, 6.07) is 7.49. The molecular formula is C16H19BrN2O2. The summed E-state index contributed by atoms with van der Waals surface area (Å²) in [7, 11) is 0. The summed E-state index contributed by atoms with van der Waals surface area (Å²) in [5.74, 6) is 0.592. The Hall–Kier alpha value is -1.62. The quantitative estimate of drug-likeness (QED) is 0.739. The van der Waals surface area contributed by atoms with E-state index >= 15 is 0 Å². The molecule has 0 saturated heterocycles. The molecule has 21 heavy (non-hydrogen) atoms. The van der Waals surface area contributed by atoms with Gasteiger partial charge in [0.15, 0.2) is 5.78 Å². The van der Waals surface area contributed by atoms with Crippen LogP contribution in [0.1, 0.15) is 42.5 Å². The number of ketones is 1. The largest absolute Gasteiger partial charge is 0.487 e. The van der Waals surface area contributed by atoms with Crippen LogP contribution in [0.3, 0.4) is 0 Å². The van der Waals surface area contributed by atoms with E-state index in [2.05, 4.69) is 40.9 Å². The second kappa shape index (κ2) is 6.89. The summed E-state index contributed by atoms with van der Waals surface area (Å²) < 4.78 is 8.68. The van der Waals surface area contributed by atoms with Crippen molar-refractivity contribution in [2.75, 3.05) is 0 Å². The van der Waals surface area contributed by atoms with Crippen LogP contribution in [0, 0.1) is 0 Å². The average Bonchev–Trinajstić information content (AvgIpc) is 2.87. The Morgan fingerprint density at radius 3 is 2.71 bits per heavy atom. The summed E-state index contributed by atoms with van der Waals surface area (Å²) in [4.78, 5) is 11.6. The standard InChI is InChI=1S/C16H19BrN2O2/c1-4-13-9-14(19(5-2)18-13)10-21-16-8-12(17)6-7-15(16)11(3)20/h6-9H,4-5,10H2,1-3H3. The van der Waals surface area contributed by atoms with Crippen LogP contribution in [0.5, 0.6) is 5.75 Å². The van der Waals surface area contributed by atoms with Gasteiger partial charge < -0.3 is 4.74 Å². The van der Waals surface area contributed by atoms with Crippen LogP contribution in [-0.2, 0) is 19.6 Å². The monoisotopic (exact) mass is 350 g/mol. The van der Waals surface area contributed by atoms with E-state index in [1.165, 1.54) is 0 Å². The molecule has 0 atom stereocenters. The molecule has 0 aliphatic carbocycles. The molecule has 0 saturated carbocycles. The molecule has 0 radical (unpaired) electrons. The lowest BCUT2D eigenvalue weighted by Gasteiger charge is -2.11. The second-order valence-corrected chi connectivity index (χ2v) is 5.70. The molecule has 0 bridgehead atoms. The molecule has 2 aromatic rings. The maximum Gasteiger partial charge on any atom is 0.163 e. The van der Waals surface area contributed by atoms with Crippen LogP contribution in [0.25, 0.3) is 0 Å². The van der Waals surface area contributed by atoms with Gasteiger partial charge in [0.2, 0.25) is 0 Å². The number of halogens is 1. The first-order valence-electron chi connectivity index (χ1n) is 7.04. The molecule has 4 nitrogen and oxygen atoms in total. The Balaban J connectivity index is 2.21. The number of aromatic nitrogens is 2. The predicted molar refractivity (Wildman–Crippen MR) is 85.8 cm³/mol. The number of hydrogen-bond acceptors (Lipinski definition) is 3. The summed E-state index contributed by atoms with van der Waals surface area (Å²) in [6.07, 6.45) is 0.898. The molecule has 112 valence electrons. The highest BCUT2D eigenvalue weighted by Gasteiger charge is 2.11. The van der Waals surface area contributed by atoms with Gasteiger partial charge in [0.1, 0.15) is 12.4 Å². The minimum atomic E-state index is -0.00394. The summed E-state index contributed by atoms with van der Waals surface area (Å²) in [6.45, 7) is 6.88. The maximum absolute atomic E-state index is 11.6. The number of aryl methyl sites for hydroxylation is 2. The van der Waals surface area contributed by atoms with Crippen molar-refractivity contribution in [3.8, 4) is 5.75 Å². The third-order valence-corrected chi connectivity index (χ3v) is 3.77. The molecule has 0 unspecified atom stereocenters. The van der Waals surface area contributed by atoms with E-state index in [1.54, 1.807) is 13.0 Å². The first-order valence-corrected chi connectivity index (χ1v) is 7.83. The fourth-order valence-corrected chi connectivity index (χ4v) is 2.48. The zero-order valence-electron chi connectivity index (χ0n) is 12.5. The van der Waals surface area contributed by atoms with Crippen LogP contribution in [-0.4, -0.2) is 15.6 Å². The van der Waals surface area contributed by atoms with E-state index in [9.17, 15) is 4.79 Å². The lowest BCUT2D eigenvalue weighted by Crippen LogP contribution is -2.07. The first-order chi connectivity index (χ1) is 10.0. The molecule has 1 heterocycles. The number of Topliss-reactive ketones (excluding diaryl/α,β-unsaturated/α-hetero) is 1. The van der Waals surface area contributed by atoms with Gasteiger partial charge >= 0.3 is 0 Å². The number of carbonyl (C=O) groups excluding carboxylic acids is 1. The lowest BCUT2D eigenvalue weighted by molar-refractivity contribution is 0.101. The molecule has 2 rings (SSSR count). The normalized spacial score (nSPS) is 10.7. The highest BCUT2D eigenvalue weighted by molar-refractivity contribution is 9.10. The highest BCUT2D eigenvalue weighted by atomic mass is 79.9. The van der Waals surface area contributed by atoms with Crippen LogP contribution >= 0.6 is 15.9 Å². The van der Waals surface area contributed by atoms with E-state index in [-0.39, 0.29) is 5.78 Å². The summed E-state index contributed by atoms with van der Waals surface area (Å²) in [5.41, 5.74) is 2.66. The third-order valence-electron chi connectivity index (χ3n) is 3.27. The SMILES string of the molecule is CCc1cc(COc2cc(Br)ccc2C(C)=O)n(CC)n1. The predicted octanol–water partition coefficient (Wildman–Crippen LogP) is 4.01. The fourth-order valence-electron chi connectivity index (χ4n) is 2.14. The molecule has 1 aromatic carbocycles. The molecule has 0 N–H and O–H groups in total. The van der Waals surface area contributed by atoms with E-state index in [0.29, 0.717) is 17.9 Å². The minimum absolute atomic E-state index is 0.00394. The Labute approximate surface area is 133 Å². The van der Waals surface area contributed by atoms with Gasteiger partial charge in [-0.1, -0.05) is 22.9 Å². The topological polar surface area (TPSA) is 44.1 Å². The van der Waals surface area contributed by atoms with E-state index in [0.717, 1.165) is 28.8 Å². The highest BCUT2D eigenvalue weighted by Crippen LogP contribution is 2.25. The second-order valence-electron chi connectivity index (χ2n) is 4.78. The van der Waals surface area contributed by atoms with Gasteiger partial charge in [-0.25, -0.2) is 0 Å². The van der Waals surface area contributed by atoms with Crippen molar-refractivity contribution >= 4 is 21.7 Å². The van der Waals surface area contributed by atoms with Crippen LogP contribution in [0.4, 0.5) is 0 Å². The number of carbonyl (C=O) groups is 1. The zero-order valence-corrected chi connectivity index (χ0v) is 14.1. The van der Waals surface area contributed by atoms with Crippen molar-refractivity contribution in [1.29, 1.82) is 0 Å². The van der Waals surface area contributed by atoms with E-state index < -0.39 is 0 Å². The Bertz CT molecular complexity index is 650. The number of benzene rings is 1. The van der Waals surface area contributed by atoms with Gasteiger partial charge in [0.05, 0.1) is 17.0 Å². The van der Waals surface area contributed by atoms with Crippen molar-refractivity contribution in [3.63, 3.8) is 0 Å². The molecule has 1 aromatic heterocycles. The van der Waals surface area contributed by atoms with Crippen LogP contribution in [0.15, 0.2) is 28.7 Å². The first kappa shape index (κ1) is 15.8. The van der Waals surface area contributed by atoms with E-state index in [1.807, 2.05) is 16.8 Å². The van der Waals surface area contributed by atoms with Crippen molar-refractivity contribution in [3.05, 3.63) is 45.7 Å². The summed E-state index contributed by atoms with van der Waals surface area (Å²) >= 11 is 3.41. The Kier molecular flexibility index (Phi) is 5.17. The third kappa shape index (κ3) is 3.73. The number of nitrogens with zero attached hydrogens (tertiary/aromatic N) is 2. The summed E-state index contributed by atoms with van der Waals surface area (Å²) in [5, 5.41) is 4.50. The van der Waals surface area contributed by atoms with Gasteiger partial charge in [-0.3, -0.25) is 9.48 Å². The van der Waals surface area contributed by atoms with Crippen molar-refractivity contribution in [2.24, 2.45) is 0 Å². The molecule has 0 spiro atoms.